The van der Waals surface area contributed by atoms with Crippen LogP contribution < -0.4 is 5.73 Å². The number of carboxylic acid groups (broad SMARTS) is 1. The summed E-state index contributed by atoms with van der Waals surface area (Å²) < 4.78 is 0. The van der Waals surface area contributed by atoms with Gasteiger partial charge in [0.2, 0.25) is 0 Å². The summed E-state index contributed by atoms with van der Waals surface area (Å²) in [5.41, 5.74) is 6.26. The van der Waals surface area contributed by atoms with Crippen LogP contribution in [0.1, 0.15) is 5.56 Å². The minimum atomic E-state index is -0.996. The van der Waals surface area contributed by atoms with E-state index in [1.54, 1.807) is 18.2 Å². The molecule has 0 unspecified atom stereocenters. The maximum absolute atomic E-state index is 10.5. The van der Waals surface area contributed by atoms with Gasteiger partial charge in [-0.1, -0.05) is 23.2 Å². The Kier molecular flexibility index (Phi) is 5.41. The van der Waals surface area contributed by atoms with Crippen molar-refractivity contribution >= 4 is 40.9 Å². The summed E-state index contributed by atoms with van der Waals surface area (Å²) in [6, 6.07) is 4.35. The van der Waals surface area contributed by atoms with Crippen LogP contribution in [0.5, 0.6) is 0 Å². The molecule has 3 N–H and O–H groups in total. The maximum Gasteiger partial charge on any atom is 0.321 e. The van der Waals surface area contributed by atoms with Gasteiger partial charge >= 0.3 is 5.97 Å². The average molecular weight is 280 g/mol. The van der Waals surface area contributed by atoms with Gasteiger partial charge in [-0.25, -0.2) is 0 Å². The van der Waals surface area contributed by atoms with E-state index in [1.807, 2.05) is 0 Å². The summed E-state index contributed by atoms with van der Waals surface area (Å²) in [7, 11) is 0. The number of carboxylic acids is 1. The van der Waals surface area contributed by atoms with E-state index in [0.717, 1.165) is 5.56 Å². The highest BCUT2D eigenvalue weighted by Gasteiger charge is 2.11. The van der Waals surface area contributed by atoms with Crippen LogP contribution >= 0.6 is 35.0 Å². The lowest BCUT2D eigenvalue weighted by atomic mass is 10.2. The van der Waals surface area contributed by atoms with Crippen LogP contribution in [0.4, 0.5) is 0 Å². The highest BCUT2D eigenvalue weighted by Crippen LogP contribution is 2.24. The van der Waals surface area contributed by atoms with Crippen molar-refractivity contribution in [3.63, 3.8) is 0 Å². The summed E-state index contributed by atoms with van der Waals surface area (Å²) in [5, 5.41) is 9.83. The monoisotopic (exact) mass is 279 g/mol. The van der Waals surface area contributed by atoms with Crippen LogP contribution in [-0.2, 0) is 10.5 Å². The molecule has 0 saturated heterocycles. The maximum atomic E-state index is 10.5. The van der Waals surface area contributed by atoms with Crippen molar-refractivity contribution in [3.05, 3.63) is 33.8 Å². The molecular weight excluding hydrogens is 269 g/mol. The second-order valence-electron chi connectivity index (χ2n) is 3.20. The van der Waals surface area contributed by atoms with Crippen molar-refractivity contribution in [2.24, 2.45) is 5.73 Å². The predicted molar refractivity (Wildman–Crippen MR) is 68.2 cm³/mol. The number of rotatable bonds is 5. The van der Waals surface area contributed by atoms with Crippen molar-refractivity contribution in [2.45, 2.75) is 11.8 Å². The summed E-state index contributed by atoms with van der Waals surface area (Å²) in [6.07, 6.45) is 0. The number of hydrogen-bond donors (Lipinski definition) is 2. The van der Waals surface area contributed by atoms with Crippen LogP contribution in [0.25, 0.3) is 0 Å². The number of hydrogen-bond acceptors (Lipinski definition) is 3. The molecule has 0 aliphatic carbocycles. The van der Waals surface area contributed by atoms with Gasteiger partial charge in [0.15, 0.2) is 0 Å². The average Bonchev–Trinajstić information content (AvgIpc) is 2.22. The molecule has 0 amide bonds. The summed E-state index contributed by atoms with van der Waals surface area (Å²) in [6.45, 7) is 0. The van der Waals surface area contributed by atoms with Crippen molar-refractivity contribution in [3.8, 4) is 0 Å². The Morgan fingerprint density at radius 3 is 2.81 bits per heavy atom. The molecule has 0 aliphatic rings. The molecule has 88 valence electrons. The minimum absolute atomic E-state index is 0.345. The van der Waals surface area contributed by atoms with Gasteiger partial charge in [-0.15, -0.1) is 0 Å². The Labute approximate surface area is 108 Å². The number of halogens is 2. The van der Waals surface area contributed by atoms with E-state index in [0.29, 0.717) is 21.6 Å². The Hall–Kier alpha value is -0.420. The lowest BCUT2D eigenvalue weighted by Gasteiger charge is -2.07. The molecule has 0 aliphatic heterocycles. The molecule has 0 aromatic heterocycles. The van der Waals surface area contributed by atoms with Gasteiger partial charge in [0.25, 0.3) is 0 Å². The van der Waals surface area contributed by atoms with Crippen molar-refractivity contribution in [2.75, 3.05) is 5.75 Å². The molecule has 1 aromatic carbocycles. The third-order valence-electron chi connectivity index (χ3n) is 1.88. The normalized spacial score (nSPS) is 12.4. The molecule has 0 heterocycles. The Bertz CT molecular complexity index is 387. The molecule has 0 saturated carbocycles. The van der Waals surface area contributed by atoms with E-state index in [2.05, 4.69) is 0 Å². The molecule has 6 heteroatoms. The van der Waals surface area contributed by atoms with Crippen LogP contribution in [0.15, 0.2) is 18.2 Å². The smallest absolute Gasteiger partial charge is 0.321 e. The second-order valence-corrected chi connectivity index (χ2v) is 5.07. The number of aliphatic carboxylic acids is 1. The first kappa shape index (κ1) is 13.6. The molecule has 1 atom stereocenters. The van der Waals surface area contributed by atoms with E-state index in [1.165, 1.54) is 11.8 Å². The zero-order chi connectivity index (χ0) is 12.1. The number of nitrogens with two attached hydrogens (primary N) is 1. The van der Waals surface area contributed by atoms with Gasteiger partial charge in [0, 0.05) is 21.6 Å². The van der Waals surface area contributed by atoms with E-state index < -0.39 is 12.0 Å². The van der Waals surface area contributed by atoms with Gasteiger partial charge in [-0.05, 0) is 23.8 Å². The van der Waals surface area contributed by atoms with Crippen molar-refractivity contribution in [1.29, 1.82) is 0 Å². The second kappa shape index (κ2) is 6.35. The highest BCUT2D eigenvalue weighted by molar-refractivity contribution is 7.98. The minimum Gasteiger partial charge on any atom is -0.480 e. The Morgan fingerprint density at radius 1 is 1.50 bits per heavy atom. The summed E-state index contributed by atoms with van der Waals surface area (Å²) >= 11 is 13.2. The molecule has 16 heavy (non-hydrogen) atoms. The Balaban J connectivity index is 2.48. The van der Waals surface area contributed by atoms with Crippen LogP contribution in [0.3, 0.4) is 0 Å². The van der Waals surface area contributed by atoms with E-state index >= 15 is 0 Å². The summed E-state index contributed by atoms with van der Waals surface area (Å²) in [4.78, 5) is 10.5. The van der Waals surface area contributed by atoms with Crippen molar-refractivity contribution < 1.29 is 9.90 Å². The standard InChI is InChI=1S/C10H11Cl2NO2S/c11-7-1-2-8(12)6(3-7)4-16-5-9(13)10(14)15/h1-3,9H,4-5,13H2,(H,14,15)/t9-/m0/s1. The van der Waals surface area contributed by atoms with Crippen LogP contribution in [0.2, 0.25) is 10.0 Å². The van der Waals surface area contributed by atoms with E-state index in [-0.39, 0.29) is 0 Å². The molecule has 0 spiro atoms. The number of carbonyl (C=O) groups is 1. The van der Waals surface area contributed by atoms with Gasteiger partial charge in [0.1, 0.15) is 6.04 Å². The van der Waals surface area contributed by atoms with E-state index in [4.69, 9.17) is 34.0 Å². The first-order chi connectivity index (χ1) is 7.50. The third-order valence-corrected chi connectivity index (χ3v) is 3.59. The SMILES string of the molecule is N[C@@H](CSCc1cc(Cl)ccc1Cl)C(=O)O. The van der Waals surface area contributed by atoms with Crippen molar-refractivity contribution in [1.82, 2.24) is 0 Å². The molecular formula is C10H11Cl2NO2S. The topological polar surface area (TPSA) is 63.3 Å². The molecule has 0 radical (unpaired) electrons. The molecule has 3 nitrogen and oxygen atoms in total. The third kappa shape index (κ3) is 4.22. The van der Waals surface area contributed by atoms with Gasteiger partial charge in [-0.3, -0.25) is 4.79 Å². The van der Waals surface area contributed by atoms with Crippen LogP contribution in [0, 0.1) is 0 Å². The first-order valence-electron chi connectivity index (χ1n) is 4.50. The zero-order valence-electron chi connectivity index (χ0n) is 8.32. The lowest BCUT2D eigenvalue weighted by molar-refractivity contribution is -0.137. The fourth-order valence-corrected chi connectivity index (χ4v) is 2.45. The van der Waals surface area contributed by atoms with Gasteiger partial charge in [0.05, 0.1) is 0 Å². The number of thioether (sulfide) groups is 1. The molecule has 0 bridgehead atoms. The quantitative estimate of drug-likeness (QED) is 0.870. The zero-order valence-corrected chi connectivity index (χ0v) is 10.6. The molecule has 1 rings (SSSR count). The van der Waals surface area contributed by atoms with Gasteiger partial charge in [-0.2, -0.15) is 11.8 Å². The van der Waals surface area contributed by atoms with E-state index in [9.17, 15) is 4.79 Å². The Morgan fingerprint density at radius 2 is 2.19 bits per heavy atom. The predicted octanol–water partition coefficient (Wildman–Crippen LogP) is 2.64. The number of benzene rings is 1. The fraction of sp³-hybridized carbons (Fsp3) is 0.300. The highest BCUT2D eigenvalue weighted by atomic mass is 35.5. The fourth-order valence-electron chi connectivity index (χ4n) is 1.02. The molecule has 0 fully saturated rings. The molecule has 1 aromatic rings. The van der Waals surface area contributed by atoms with Crippen LogP contribution in [-0.4, -0.2) is 22.9 Å². The first-order valence-corrected chi connectivity index (χ1v) is 6.42. The largest absolute Gasteiger partial charge is 0.480 e. The summed E-state index contributed by atoms with van der Waals surface area (Å²) in [5.74, 6) is -0.0527. The van der Waals surface area contributed by atoms with Gasteiger partial charge < -0.3 is 10.8 Å². The lowest BCUT2D eigenvalue weighted by Crippen LogP contribution is -2.32.